The Morgan fingerprint density at radius 2 is 1.88 bits per heavy atom. The van der Waals surface area contributed by atoms with E-state index in [1.54, 1.807) is 6.92 Å². The summed E-state index contributed by atoms with van der Waals surface area (Å²) in [6.07, 6.45) is 1.82. The van der Waals surface area contributed by atoms with Crippen LogP contribution in [0, 0.1) is 11.3 Å². The first kappa shape index (κ1) is 15.7. The Kier molecular flexibility index (Phi) is 6.93. The van der Waals surface area contributed by atoms with Gasteiger partial charge in [0.05, 0.1) is 12.7 Å². The van der Waals surface area contributed by atoms with Crippen molar-refractivity contribution in [2.24, 2.45) is 11.3 Å². The number of allylic oxidation sites excluding steroid dienone is 1. The normalized spacial score (nSPS) is 15.9. The summed E-state index contributed by atoms with van der Waals surface area (Å²) in [6.45, 7) is 15.7. The van der Waals surface area contributed by atoms with Crippen LogP contribution in [0.4, 0.5) is 0 Å². The number of aliphatic hydroxyl groups is 1. The smallest absolute Gasteiger partial charge is 0.0745 e. The Labute approximate surface area is 101 Å². The number of hydrogen-bond acceptors (Lipinski definition) is 2. The molecule has 0 saturated heterocycles. The van der Waals surface area contributed by atoms with E-state index < -0.39 is 0 Å². The summed E-state index contributed by atoms with van der Waals surface area (Å²) in [7, 11) is 0. The van der Waals surface area contributed by atoms with Crippen LogP contribution in [0.5, 0.6) is 0 Å². The maximum atomic E-state index is 9.08. The van der Waals surface area contributed by atoms with Crippen molar-refractivity contribution >= 4 is 0 Å². The van der Waals surface area contributed by atoms with Crippen LogP contribution in [0.25, 0.3) is 0 Å². The molecule has 0 bridgehead atoms. The van der Waals surface area contributed by atoms with Crippen molar-refractivity contribution < 1.29 is 9.84 Å². The molecule has 0 heterocycles. The van der Waals surface area contributed by atoms with Crippen LogP contribution in [-0.4, -0.2) is 24.4 Å². The van der Waals surface area contributed by atoms with Gasteiger partial charge >= 0.3 is 0 Å². The molecule has 0 aromatic rings. The van der Waals surface area contributed by atoms with Crippen LogP contribution >= 0.6 is 0 Å². The van der Waals surface area contributed by atoms with Crippen molar-refractivity contribution in [3.05, 3.63) is 12.2 Å². The van der Waals surface area contributed by atoms with Gasteiger partial charge in [0.25, 0.3) is 0 Å². The predicted molar refractivity (Wildman–Crippen MR) is 69.5 cm³/mol. The fourth-order valence-electron chi connectivity index (χ4n) is 2.33. The number of ether oxygens (including phenoxy) is 1. The van der Waals surface area contributed by atoms with Crippen molar-refractivity contribution in [1.29, 1.82) is 0 Å². The van der Waals surface area contributed by atoms with E-state index in [9.17, 15) is 0 Å². The zero-order valence-corrected chi connectivity index (χ0v) is 11.5. The summed E-state index contributed by atoms with van der Waals surface area (Å²) in [5, 5.41) is 9.08. The third-order valence-electron chi connectivity index (χ3n) is 2.44. The molecule has 96 valence electrons. The highest BCUT2D eigenvalue weighted by Crippen LogP contribution is 2.31. The molecule has 0 rings (SSSR count). The number of hydrogen-bond donors (Lipinski definition) is 1. The van der Waals surface area contributed by atoms with E-state index in [0.717, 1.165) is 19.4 Å². The van der Waals surface area contributed by atoms with Crippen molar-refractivity contribution in [3.63, 3.8) is 0 Å². The molecular formula is C14H28O2. The summed E-state index contributed by atoms with van der Waals surface area (Å²) in [5.41, 5.74) is 1.53. The van der Waals surface area contributed by atoms with E-state index in [-0.39, 0.29) is 6.10 Å². The second kappa shape index (κ2) is 7.08. The van der Waals surface area contributed by atoms with Crippen LogP contribution in [0.1, 0.15) is 47.5 Å². The monoisotopic (exact) mass is 228 g/mol. The Morgan fingerprint density at radius 1 is 1.31 bits per heavy atom. The highest BCUT2D eigenvalue weighted by atomic mass is 16.5. The molecule has 0 aromatic heterocycles. The number of aliphatic hydroxyl groups excluding tert-OH is 1. The molecule has 0 saturated carbocycles. The molecule has 2 atom stereocenters. The fraction of sp³-hybridized carbons (Fsp3) is 0.857. The largest absolute Gasteiger partial charge is 0.391 e. The molecule has 0 fully saturated rings. The highest BCUT2D eigenvalue weighted by Gasteiger charge is 2.21. The minimum Gasteiger partial charge on any atom is -0.391 e. The maximum Gasteiger partial charge on any atom is 0.0745 e. The second-order valence-corrected chi connectivity index (χ2v) is 5.99. The molecule has 2 nitrogen and oxygen atoms in total. The minimum absolute atomic E-state index is 0.291. The average molecular weight is 228 g/mol. The molecule has 0 aromatic carbocycles. The van der Waals surface area contributed by atoms with Gasteiger partial charge in [-0.05, 0) is 38.0 Å². The molecule has 16 heavy (non-hydrogen) atoms. The summed E-state index contributed by atoms with van der Waals surface area (Å²) < 4.78 is 5.44. The first-order chi connectivity index (χ1) is 7.23. The van der Waals surface area contributed by atoms with Gasteiger partial charge in [-0.1, -0.05) is 26.3 Å². The fourth-order valence-corrected chi connectivity index (χ4v) is 2.33. The summed E-state index contributed by atoms with van der Waals surface area (Å²) in [4.78, 5) is 0. The molecule has 0 aliphatic carbocycles. The van der Waals surface area contributed by atoms with Crippen LogP contribution in [0.3, 0.4) is 0 Å². The van der Waals surface area contributed by atoms with Gasteiger partial charge in [-0.25, -0.2) is 0 Å². The van der Waals surface area contributed by atoms with Gasteiger partial charge in [-0.15, -0.1) is 6.58 Å². The zero-order chi connectivity index (χ0) is 12.8. The van der Waals surface area contributed by atoms with Crippen LogP contribution in [0.2, 0.25) is 0 Å². The standard InChI is InChI=1S/C14H28O2/c1-11(2)7-14(5,6)8-12(3)9-16-10-13(4)15/h12-13,15H,1,7-10H2,2-6H3. The summed E-state index contributed by atoms with van der Waals surface area (Å²) in [6, 6.07) is 0. The van der Waals surface area contributed by atoms with Gasteiger partial charge in [0, 0.05) is 6.61 Å². The first-order valence-electron chi connectivity index (χ1n) is 6.13. The summed E-state index contributed by atoms with van der Waals surface area (Å²) in [5.74, 6) is 0.521. The lowest BCUT2D eigenvalue weighted by Gasteiger charge is -2.28. The quantitative estimate of drug-likeness (QED) is 0.645. The minimum atomic E-state index is -0.365. The van der Waals surface area contributed by atoms with Crippen molar-refractivity contribution in [1.82, 2.24) is 0 Å². The first-order valence-corrected chi connectivity index (χ1v) is 6.13. The van der Waals surface area contributed by atoms with E-state index in [1.165, 1.54) is 5.57 Å². The molecule has 0 aliphatic rings. The Hall–Kier alpha value is -0.340. The maximum absolute atomic E-state index is 9.08. The third-order valence-corrected chi connectivity index (χ3v) is 2.44. The van der Waals surface area contributed by atoms with Gasteiger partial charge in [-0.2, -0.15) is 0 Å². The second-order valence-electron chi connectivity index (χ2n) is 5.99. The third kappa shape index (κ3) is 8.93. The zero-order valence-electron chi connectivity index (χ0n) is 11.5. The molecule has 0 amide bonds. The Bertz CT molecular complexity index is 207. The SMILES string of the molecule is C=C(C)CC(C)(C)CC(C)COCC(C)O. The van der Waals surface area contributed by atoms with Crippen molar-refractivity contribution in [2.45, 2.75) is 53.6 Å². The molecule has 0 aliphatic heterocycles. The van der Waals surface area contributed by atoms with Crippen LogP contribution in [0.15, 0.2) is 12.2 Å². The van der Waals surface area contributed by atoms with Gasteiger partial charge in [-0.3, -0.25) is 0 Å². The van der Waals surface area contributed by atoms with Crippen LogP contribution < -0.4 is 0 Å². The lowest BCUT2D eigenvalue weighted by molar-refractivity contribution is 0.0249. The molecule has 0 spiro atoms. The van der Waals surface area contributed by atoms with Crippen LogP contribution in [-0.2, 0) is 4.74 Å². The average Bonchev–Trinajstić information content (AvgIpc) is 1.98. The molecule has 2 unspecified atom stereocenters. The van der Waals surface area contributed by atoms with E-state index >= 15 is 0 Å². The lowest BCUT2D eigenvalue weighted by Crippen LogP contribution is -2.20. The van der Waals surface area contributed by atoms with E-state index in [4.69, 9.17) is 9.84 Å². The molecule has 1 N–H and O–H groups in total. The lowest BCUT2D eigenvalue weighted by atomic mass is 9.79. The van der Waals surface area contributed by atoms with Crippen molar-refractivity contribution in [2.75, 3.05) is 13.2 Å². The van der Waals surface area contributed by atoms with Gasteiger partial charge in [0.2, 0.25) is 0 Å². The van der Waals surface area contributed by atoms with Gasteiger partial charge in [0.1, 0.15) is 0 Å². The van der Waals surface area contributed by atoms with Crippen molar-refractivity contribution in [3.8, 4) is 0 Å². The molecule has 2 heteroatoms. The Balaban J connectivity index is 3.84. The van der Waals surface area contributed by atoms with E-state index in [1.807, 2.05) is 0 Å². The Morgan fingerprint density at radius 3 is 2.31 bits per heavy atom. The highest BCUT2D eigenvalue weighted by molar-refractivity contribution is 4.94. The predicted octanol–water partition coefficient (Wildman–Crippen LogP) is 3.40. The molecule has 0 radical (unpaired) electrons. The summed E-state index contributed by atoms with van der Waals surface area (Å²) >= 11 is 0. The topological polar surface area (TPSA) is 29.5 Å². The number of rotatable bonds is 8. The van der Waals surface area contributed by atoms with Gasteiger partial charge in [0.15, 0.2) is 0 Å². The van der Waals surface area contributed by atoms with E-state index in [2.05, 4.69) is 34.3 Å². The van der Waals surface area contributed by atoms with E-state index in [0.29, 0.717) is 17.9 Å². The molecular weight excluding hydrogens is 200 g/mol. The van der Waals surface area contributed by atoms with Gasteiger partial charge < -0.3 is 9.84 Å².